The number of aromatic nitrogens is 2. The van der Waals surface area contributed by atoms with Crippen LogP contribution in [0.25, 0.3) is 10.4 Å². The third-order valence-corrected chi connectivity index (χ3v) is 4.68. The molecule has 4 unspecified atom stereocenters. The first-order valence-corrected chi connectivity index (χ1v) is 11.4. The van der Waals surface area contributed by atoms with Gasteiger partial charge in [0.1, 0.15) is 30.7 Å². The zero-order valence-electron chi connectivity index (χ0n) is 18.3. The van der Waals surface area contributed by atoms with E-state index in [1.54, 1.807) is 6.92 Å². The second-order valence-corrected chi connectivity index (χ2v) is 8.07. The van der Waals surface area contributed by atoms with Crippen molar-refractivity contribution in [1.29, 1.82) is 0 Å². The number of amides is 1. The van der Waals surface area contributed by atoms with E-state index in [1.807, 2.05) is 4.98 Å². The van der Waals surface area contributed by atoms with Crippen LogP contribution >= 0.6 is 7.82 Å². The summed E-state index contributed by atoms with van der Waals surface area (Å²) in [5.74, 6) is 4.51. The van der Waals surface area contributed by atoms with Gasteiger partial charge in [0.05, 0.1) is 19.8 Å². The van der Waals surface area contributed by atoms with Crippen molar-refractivity contribution in [2.75, 3.05) is 26.4 Å². The number of phosphoric acid groups is 1. The SMILES string of the molecule is CC(N=[N+]=[N-])OCCOCC(=O)NCC#Cc1cn(C2CC(O)C(OP(=O)(O)O)O2)c(=O)[nH]c1=O. The average Bonchev–Trinajstić information content (AvgIpc) is 3.10. The van der Waals surface area contributed by atoms with E-state index in [1.165, 1.54) is 0 Å². The monoisotopic (exact) mass is 518 g/mol. The molecule has 1 aromatic rings. The van der Waals surface area contributed by atoms with E-state index in [2.05, 4.69) is 31.7 Å². The Morgan fingerprint density at radius 2 is 2.23 bits per heavy atom. The number of phosphoric ester groups is 1. The summed E-state index contributed by atoms with van der Waals surface area (Å²) in [5, 5.41) is 15.6. The maximum absolute atomic E-state index is 12.1. The van der Waals surface area contributed by atoms with Crippen molar-refractivity contribution in [3.8, 4) is 11.8 Å². The lowest BCUT2D eigenvalue weighted by molar-refractivity contribution is -0.135. The van der Waals surface area contributed by atoms with E-state index in [0.29, 0.717) is 0 Å². The Labute approximate surface area is 196 Å². The van der Waals surface area contributed by atoms with Crippen LogP contribution in [0.1, 0.15) is 25.1 Å². The van der Waals surface area contributed by atoms with E-state index >= 15 is 0 Å². The van der Waals surface area contributed by atoms with Gasteiger partial charge in [0, 0.05) is 17.5 Å². The highest BCUT2D eigenvalue weighted by molar-refractivity contribution is 7.46. The largest absolute Gasteiger partial charge is 0.472 e. The van der Waals surface area contributed by atoms with Gasteiger partial charge in [0.25, 0.3) is 5.56 Å². The Morgan fingerprint density at radius 1 is 1.49 bits per heavy atom. The second kappa shape index (κ2) is 13.2. The molecular weight excluding hydrogens is 495 g/mol. The first-order valence-electron chi connectivity index (χ1n) is 9.92. The van der Waals surface area contributed by atoms with Crippen molar-refractivity contribution in [2.45, 2.75) is 38.2 Å². The molecule has 0 saturated carbocycles. The molecule has 0 radical (unpaired) electrons. The minimum absolute atomic E-state index is 0.0826. The van der Waals surface area contributed by atoms with E-state index in [-0.39, 0.29) is 38.3 Å². The van der Waals surface area contributed by atoms with Gasteiger partial charge in [-0.2, -0.15) is 0 Å². The highest BCUT2D eigenvalue weighted by atomic mass is 31.2. The molecule has 1 amide bonds. The molecule has 192 valence electrons. The summed E-state index contributed by atoms with van der Waals surface area (Å²) in [4.78, 5) is 58.2. The molecule has 1 aliphatic heterocycles. The van der Waals surface area contributed by atoms with Crippen LogP contribution in [0.3, 0.4) is 0 Å². The lowest BCUT2D eigenvalue weighted by Gasteiger charge is -2.16. The van der Waals surface area contributed by atoms with Crippen LogP contribution in [0.2, 0.25) is 0 Å². The molecule has 0 bridgehead atoms. The summed E-state index contributed by atoms with van der Waals surface area (Å²) in [6.45, 7) is 1.30. The summed E-state index contributed by atoms with van der Waals surface area (Å²) in [7, 11) is -4.96. The molecule has 5 N–H and O–H groups in total. The van der Waals surface area contributed by atoms with Crippen LogP contribution in [0.4, 0.5) is 0 Å². The number of nitrogens with zero attached hydrogens (tertiary/aromatic N) is 4. The standard InChI is InChI=1S/C17H23N6O11P/c1-10(21-22-18)32-6-5-31-9-13(25)19-4-2-3-11-8-23(17(27)20-15(11)26)14-7-12(24)16(33-14)34-35(28,29)30/h8,10,12,14,16,24H,4-7,9H2,1H3,(H,19,25)(H,20,26,27)(H2,28,29,30). The molecule has 2 heterocycles. The lowest BCUT2D eigenvalue weighted by Crippen LogP contribution is -2.33. The number of ether oxygens (including phenoxy) is 3. The number of hydrogen-bond donors (Lipinski definition) is 5. The Morgan fingerprint density at radius 3 is 2.91 bits per heavy atom. The number of rotatable bonds is 11. The van der Waals surface area contributed by atoms with Gasteiger partial charge in [-0.3, -0.25) is 23.7 Å². The van der Waals surface area contributed by atoms with Crippen molar-refractivity contribution >= 4 is 13.7 Å². The van der Waals surface area contributed by atoms with Gasteiger partial charge in [-0.05, 0) is 12.5 Å². The van der Waals surface area contributed by atoms with Crippen LogP contribution in [-0.4, -0.2) is 75.3 Å². The van der Waals surface area contributed by atoms with Gasteiger partial charge in [0.2, 0.25) is 5.91 Å². The van der Waals surface area contributed by atoms with Gasteiger partial charge in [-0.1, -0.05) is 17.0 Å². The number of H-pyrrole nitrogens is 1. The summed E-state index contributed by atoms with van der Waals surface area (Å²) < 4.78 is 31.5. The summed E-state index contributed by atoms with van der Waals surface area (Å²) in [6.07, 6.45) is -4.19. The van der Waals surface area contributed by atoms with Gasteiger partial charge < -0.3 is 34.4 Å². The Kier molecular flexibility index (Phi) is 10.6. The fourth-order valence-electron chi connectivity index (χ4n) is 2.70. The smallest absolute Gasteiger partial charge is 0.388 e. The highest BCUT2D eigenvalue weighted by Gasteiger charge is 2.40. The van der Waals surface area contributed by atoms with Crippen molar-refractivity contribution < 1.29 is 43.0 Å². The van der Waals surface area contributed by atoms with Crippen molar-refractivity contribution in [3.05, 3.63) is 43.0 Å². The van der Waals surface area contributed by atoms with Crippen LogP contribution in [-0.2, 0) is 28.1 Å². The first-order chi connectivity index (χ1) is 16.5. The minimum Gasteiger partial charge on any atom is -0.388 e. The van der Waals surface area contributed by atoms with E-state index in [9.17, 15) is 24.1 Å². The van der Waals surface area contributed by atoms with E-state index in [4.69, 9.17) is 29.5 Å². The molecule has 1 aromatic heterocycles. The maximum atomic E-state index is 12.1. The van der Waals surface area contributed by atoms with Crippen LogP contribution < -0.4 is 16.6 Å². The number of azide groups is 1. The van der Waals surface area contributed by atoms with Crippen molar-refractivity contribution in [2.24, 2.45) is 5.11 Å². The van der Waals surface area contributed by atoms with Crippen molar-refractivity contribution in [3.63, 3.8) is 0 Å². The summed E-state index contributed by atoms with van der Waals surface area (Å²) in [5.41, 5.74) is 6.35. The molecular formula is C17H23N6O11P. The topological polar surface area (TPSA) is 247 Å². The molecule has 35 heavy (non-hydrogen) atoms. The molecule has 1 aliphatic rings. The fourth-order valence-corrected chi connectivity index (χ4v) is 3.16. The van der Waals surface area contributed by atoms with Gasteiger partial charge in [0.15, 0.2) is 6.29 Å². The molecule has 1 saturated heterocycles. The molecule has 4 atom stereocenters. The number of hydrogen-bond acceptors (Lipinski definition) is 10. The predicted octanol–water partition coefficient (Wildman–Crippen LogP) is -1.59. The summed E-state index contributed by atoms with van der Waals surface area (Å²) in [6, 6.07) is 0. The number of carbonyl (C=O) groups is 1. The number of carbonyl (C=O) groups excluding carboxylic acids is 1. The first kappa shape index (κ1) is 28.2. The Balaban J connectivity index is 1.89. The molecule has 0 spiro atoms. The highest BCUT2D eigenvalue weighted by Crippen LogP contribution is 2.42. The zero-order valence-corrected chi connectivity index (χ0v) is 19.2. The third kappa shape index (κ3) is 9.62. The van der Waals surface area contributed by atoms with Crippen LogP contribution in [0.15, 0.2) is 20.9 Å². The normalized spacial score (nSPS) is 20.4. The quantitative estimate of drug-likeness (QED) is 0.0558. The van der Waals surface area contributed by atoms with Crippen molar-refractivity contribution in [1.82, 2.24) is 14.9 Å². The second-order valence-electron chi connectivity index (χ2n) is 6.87. The Bertz CT molecular complexity index is 1160. The van der Waals surface area contributed by atoms with Gasteiger partial charge in [-0.15, -0.1) is 0 Å². The maximum Gasteiger partial charge on any atom is 0.472 e. The molecule has 1 fully saturated rings. The predicted molar refractivity (Wildman–Crippen MR) is 114 cm³/mol. The molecule has 17 nitrogen and oxygen atoms in total. The van der Waals surface area contributed by atoms with E-state index < -0.39 is 49.8 Å². The van der Waals surface area contributed by atoms with Gasteiger partial charge >= 0.3 is 13.5 Å². The van der Waals surface area contributed by atoms with Crippen LogP contribution in [0.5, 0.6) is 0 Å². The summed E-state index contributed by atoms with van der Waals surface area (Å²) >= 11 is 0. The number of aromatic amines is 1. The Hall–Kier alpha value is -3.03. The lowest BCUT2D eigenvalue weighted by atomic mass is 10.2. The number of aliphatic hydroxyl groups is 1. The van der Waals surface area contributed by atoms with Gasteiger partial charge in [-0.25, -0.2) is 9.36 Å². The minimum atomic E-state index is -4.96. The fraction of sp³-hybridized carbons (Fsp3) is 0.588. The molecule has 0 aliphatic carbocycles. The van der Waals surface area contributed by atoms with E-state index in [0.717, 1.165) is 10.8 Å². The number of nitrogens with one attached hydrogen (secondary N) is 2. The number of aliphatic hydroxyl groups excluding tert-OH is 1. The zero-order chi connectivity index (χ0) is 26.0. The molecule has 18 heteroatoms. The molecule has 2 rings (SSSR count). The third-order valence-electron chi connectivity index (χ3n) is 4.20. The average molecular weight is 518 g/mol. The molecule has 0 aromatic carbocycles. The van der Waals surface area contributed by atoms with Crippen LogP contribution in [0, 0.1) is 11.8 Å².